The smallest absolute Gasteiger partial charge is 0.327 e. The predicted molar refractivity (Wildman–Crippen MR) is 123 cm³/mol. The minimum atomic E-state index is -0.583. The number of likely N-dealkylation sites (tertiary alicyclic amines) is 1. The third-order valence-electron chi connectivity index (χ3n) is 6.88. The Hall–Kier alpha value is -3.19. The minimum Gasteiger partial charge on any atom is -0.491 e. The number of hydrogen-bond acceptors (Lipinski definition) is 4. The van der Waals surface area contributed by atoms with Crippen molar-refractivity contribution < 1.29 is 13.9 Å². The van der Waals surface area contributed by atoms with Crippen LogP contribution in [0.1, 0.15) is 50.6 Å². The highest BCUT2D eigenvalue weighted by molar-refractivity contribution is 5.81. The number of fused-ring (bicyclic) bond motifs is 2. The molecule has 2 aliphatic rings. The van der Waals surface area contributed by atoms with Gasteiger partial charge in [0.05, 0.1) is 6.10 Å². The maximum atomic E-state index is 14.3. The Balaban J connectivity index is 1.52. The SMILES string of the molecule is CC(C)Oc1cccc(CN2CCC3(CC2(C)c2cccc(F)c2)NC(=O)n2ccnc23)c1. The fourth-order valence-corrected chi connectivity index (χ4v) is 5.37. The van der Waals surface area contributed by atoms with Gasteiger partial charge in [0.2, 0.25) is 0 Å². The number of aromatic nitrogens is 2. The summed E-state index contributed by atoms with van der Waals surface area (Å²) in [6, 6.07) is 14.8. The highest BCUT2D eigenvalue weighted by atomic mass is 19.1. The van der Waals surface area contributed by atoms with E-state index >= 15 is 0 Å². The van der Waals surface area contributed by atoms with Gasteiger partial charge in [-0.1, -0.05) is 24.3 Å². The van der Waals surface area contributed by atoms with Gasteiger partial charge in [-0.15, -0.1) is 0 Å². The van der Waals surface area contributed by atoms with E-state index in [2.05, 4.69) is 34.3 Å². The van der Waals surface area contributed by atoms with Crippen LogP contribution in [0.2, 0.25) is 0 Å². The summed E-state index contributed by atoms with van der Waals surface area (Å²) in [4.78, 5) is 19.5. The number of piperidine rings is 1. The van der Waals surface area contributed by atoms with Gasteiger partial charge >= 0.3 is 6.03 Å². The molecule has 3 heterocycles. The van der Waals surface area contributed by atoms with Crippen molar-refractivity contribution >= 4 is 6.03 Å². The molecule has 1 saturated heterocycles. The van der Waals surface area contributed by atoms with Gasteiger partial charge in [0.1, 0.15) is 22.9 Å². The van der Waals surface area contributed by atoms with Crippen molar-refractivity contribution in [1.29, 1.82) is 0 Å². The molecule has 0 aliphatic carbocycles. The molecule has 2 unspecified atom stereocenters. The number of rotatable bonds is 5. The van der Waals surface area contributed by atoms with Crippen molar-refractivity contribution in [2.45, 2.75) is 57.3 Å². The van der Waals surface area contributed by atoms with Gasteiger partial charge in [-0.3, -0.25) is 9.47 Å². The molecule has 0 saturated carbocycles. The lowest BCUT2D eigenvalue weighted by molar-refractivity contribution is 0.00126. The monoisotopic (exact) mass is 448 g/mol. The number of nitrogens with one attached hydrogen (secondary N) is 1. The third-order valence-corrected chi connectivity index (χ3v) is 6.88. The zero-order chi connectivity index (χ0) is 23.2. The van der Waals surface area contributed by atoms with Crippen LogP contribution in [0.4, 0.5) is 9.18 Å². The highest BCUT2D eigenvalue weighted by Crippen LogP contribution is 2.48. The van der Waals surface area contributed by atoms with Gasteiger partial charge in [0, 0.05) is 37.4 Å². The van der Waals surface area contributed by atoms with Gasteiger partial charge < -0.3 is 10.1 Å². The van der Waals surface area contributed by atoms with Gasteiger partial charge in [-0.2, -0.15) is 0 Å². The molecule has 1 N–H and O–H groups in total. The quantitative estimate of drug-likeness (QED) is 0.610. The first-order valence-corrected chi connectivity index (χ1v) is 11.4. The third kappa shape index (κ3) is 3.80. The molecule has 2 aliphatic heterocycles. The summed E-state index contributed by atoms with van der Waals surface area (Å²) in [5.74, 6) is 1.31. The molecule has 5 rings (SSSR count). The Bertz CT molecular complexity index is 1190. The Morgan fingerprint density at radius 3 is 2.82 bits per heavy atom. The number of hydrogen-bond donors (Lipinski definition) is 1. The van der Waals surface area contributed by atoms with E-state index in [-0.39, 0.29) is 18.0 Å². The van der Waals surface area contributed by atoms with E-state index in [9.17, 15) is 9.18 Å². The number of carbonyl (C=O) groups excluding carboxylic acids is 1. The molecule has 0 radical (unpaired) electrons. The minimum absolute atomic E-state index is 0.0994. The molecule has 2 atom stereocenters. The average Bonchev–Trinajstić information content (AvgIpc) is 3.35. The lowest BCUT2D eigenvalue weighted by Gasteiger charge is -2.51. The van der Waals surface area contributed by atoms with Crippen molar-refractivity contribution in [2.24, 2.45) is 0 Å². The number of amides is 1. The Kier molecular flexibility index (Phi) is 5.24. The average molecular weight is 449 g/mol. The number of imidazole rings is 1. The lowest BCUT2D eigenvalue weighted by Crippen LogP contribution is -2.58. The van der Waals surface area contributed by atoms with Crippen LogP contribution in [0.3, 0.4) is 0 Å². The summed E-state index contributed by atoms with van der Waals surface area (Å²) in [6.07, 6.45) is 4.78. The second-order valence-electron chi connectivity index (χ2n) is 9.58. The Morgan fingerprint density at radius 1 is 1.21 bits per heavy atom. The number of benzene rings is 2. The van der Waals surface area contributed by atoms with Crippen LogP contribution in [0, 0.1) is 5.82 Å². The first kappa shape index (κ1) is 21.6. The summed E-state index contributed by atoms with van der Waals surface area (Å²) < 4.78 is 21.8. The second kappa shape index (κ2) is 7.99. The maximum absolute atomic E-state index is 14.3. The summed E-state index contributed by atoms with van der Waals surface area (Å²) in [5, 5.41) is 3.19. The lowest BCUT2D eigenvalue weighted by atomic mass is 9.72. The van der Waals surface area contributed by atoms with E-state index in [1.54, 1.807) is 29.1 Å². The van der Waals surface area contributed by atoms with Crippen LogP contribution < -0.4 is 10.1 Å². The first-order chi connectivity index (χ1) is 15.8. The Labute approximate surface area is 193 Å². The fraction of sp³-hybridized carbons (Fsp3) is 0.385. The van der Waals surface area contributed by atoms with E-state index in [4.69, 9.17) is 4.74 Å². The van der Waals surface area contributed by atoms with Crippen LogP contribution in [0.15, 0.2) is 60.9 Å². The van der Waals surface area contributed by atoms with E-state index in [1.807, 2.05) is 32.0 Å². The van der Waals surface area contributed by atoms with Crippen LogP contribution in [0.25, 0.3) is 0 Å². The van der Waals surface area contributed by atoms with Crippen molar-refractivity contribution in [1.82, 2.24) is 19.8 Å². The zero-order valence-corrected chi connectivity index (χ0v) is 19.2. The summed E-state index contributed by atoms with van der Waals surface area (Å²) >= 11 is 0. The van der Waals surface area contributed by atoms with Gasteiger partial charge in [-0.25, -0.2) is 14.2 Å². The number of carbonyl (C=O) groups is 1. The number of nitrogens with zero attached hydrogens (tertiary/aromatic N) is 3. The molecule has 6 nitrogen and oxygen atoms in total. The van der Waals surface area contributed by atoms with Gasteiger partial charge in [-0.05, 0) is 62.6 Å². The second-order valence-corrected chi connectivity index (χ2v) is 9.58. The molecule has 1 spiro atoms. The van der Waals surface area contributed by atoms with Crippen molar-refractivity contribution in [2.75, 3.05) is 6.54 Å². The predicted octanol–water partition coefficient (Wildman–Crippen LogP) is 4.79. The molecular formula is C26H29FN4O2. The molecule has 2 aromatic carbocycles. The van der Waals surface area contributed by atoms with Crippen LogP contribution >= 0.6 is 0 Å². The molecule has 1 fully saturated rings. The van der Waals surface area contributed by atoms with Gasteiger partial charge in [0.15, 0.2) is 0 Å². The number of halogens is 1. The van der Waals surface area contributed by atoms with E-state index < -0.39 is 11.1 Å². The van der Waals surface area contributed by atoms with Crippen LogP contribution in [0.5, 0.6) is 5.75 Å². The molecule has 172 valence electrons. The summed E-state index contributed by atoms with van der Waals surface area (Å²) in [7, 11) is 0. The van der Waals surface area contributed by atoms with E-state index in [1.165, 1.54) is 6.07 Å². The molecule has 1 aromatic heterocycles. The van der Waals surface area contributed by atoms with Crippen molar-refractivity contribution in [3.8, 4) is 5.75 Å². The summed E-state index contributed by atoms with van der Waals surface area (Å²) in [5.41, 5.74) is 0.906. The molecule has 0 bridgehead atoms. The fourth-order valence-electron chi connectivity index (χ4n) is 5.37. The largest absolute Gasteiger partial charge is 0.491 e. The molecule has 33 heavy (non-hydrogen) atoms. The maximum Gasteiger partial charge on any atom is 0.327 e. The van der Waals surface area contributed by atoms with Crippen molar-refractivity contribution in [3.05, 3.63) is 83.7 Å². The summed E-state index contributed by atoms with van der Waals surface area (Å²) in [6.45, 7) is 7.56. The van der Waals surface area contributed by atoms with Crippen LogP contribution in [-0.4, -0.2) is 33.1 Å². The van der Waals surface area contributed by atoms with E-state index in [0.717, 1.165) is 35.7 Å². The molecule has 1 amide bonds. The molecule has 7 heteroatoms. The van der Waals surface area contributed by atoms with E-state index in [0.29, 0.717) is 13.0 Å². The zero-order valence-electron chi connectivity index (χ0n) is 19.2. The standard InChI is InChI=1S/C26H29FN4O2/c1-18(2)33-22-9-4-6-19(14-22)16-30-12-10-26(23-28-11-13-31(23)24(32)29-26)17-25(30,3)20-7-5-8-21(27)15-20/h4-9,11,13-15,18H,10,12,16-17H2,1-3H3,(H,29,32). The topological polar surface area (TPSA) is 59.4 Å². The molecule has 3 aromatic rings. The van der Waals surface area contributed by atoms with Crippen LogP contribution in [-0.2, 0) is 17.6 Å². The van der Waals surface area contributed by atoms with Crippen molar-refractivity contribution in [3.63, 3.8) is 0 Å². The van der Waals surface area contributed by atoms with Gasteiger partial charge in [0.25, 0.3) is 0 Å². The normalized spacial score (nSPS) is 24.8. The molecular weight excluding hydrogens is 419 g/mol. The highest BCUT2D eigenvalue weighted by Gasteiger charge is 2.54. The first-order valence-electron chi connectivity index (χ1n) is 11.4. The Morgan fingerprint density at radius 2 is 2.03 bits per heavy atom. The number of ether oxygens (including phenoxy) is 1.